The number of rotatable bonds is 5. The first-order valence-corrected chi connectivity index (χ1v) is 11.6. The van der Waals surface area contributed by atoms with Crippen molar-refractivity contribution in [1.29, 1.82) is 0 Å². The van der Waals surface area contributed by atoms with Crippen LogP contribution in [-0.2, 0) is 0 Å². The lowest BCUT2D eigenvalue weighted by Crippen LogP contribution is -2.37. The number of hydrogen-bond acceptors (Lipinski definition) is 3. The standard InChI is InChI=1S/C29H24FN3O2/c1-3-32(28(34)22-17-16-20-10-4-5-11-21(20)18-22)19(2)27-31-25-14-8-6-12-23(25)29(35)33(27)26-15-9-7-13-24(26)30/h4-19H,3H2,1-2H3. The van der Waals surface area contributed by atoms with E-state index >= 15 is 0 Å². The Morgan fingerprint density at radius 3 is 2.40 bits per heavy atom. The van der Waals surface area contributed by atoms with Crippen molar-refractivity contribution in [2.45, 2.75) is 19.9 Å². The molecule has 5 rings (SSSR count). The molecule has 0 saturated heterocycles. The van der Waals surface area contributed by atoms with E-state index in [1.165, 1.54) is 10.6 Å². The van der Waals surface area contributed by atoms with Crippen molar-refractivity contribution in [3.05, 3.63) is 119 Å². The Bertz CT molecular complexity index is 1630. The van der Waals surface area contributed by atoms with Crippen LogP contribution in [0.2, 0.25) is 0 Å². The molecule has 1 unspecified atom stereocenters. The van der Waals surface area contributed by atoms with E-state index in [1.807, 2.05) is 50.2 Å². The zero-order chi connectivity index (χ0) is 24.5. The molecule has 0 saturated carbocycles. The summed E-state index contributed by atoms with van der Waals surface area (Å²) in [7, 11) is 0. The number of hydrogen-bond donors (Lipinski definition) is 0. The normalized spacial score (nSPS) is 12.1. The number of benzene rings is 4. The summed E-state index contributed by atoms with van der Waals surface area (Å²) in [6.45, 7) is 4.07. The molecule has 0 N–H and O–H groups in total. The second-order valence-electron chi connectivity index (χ2n) is 8.41. The molecule has 0 spiro atoms. The Kier molecular flexibility index (Phi) is 5.87. The van der Waals surface area contributed by atoms with Gasteiger partial charge in [0.15, 0.2) is 0 Å². The first-order valence-electron chi connectivity index (χ1n) is 11.6. The third-order valence-corrected chi connectivity index (χ3v) is 6.33. The quantitative estimate of drug-likeness (QED) is 0.325. The SMILES string of the molecule is CCN(C(=O)c1ccc2ccccc2c1)C(C)c1nc2ccccc2c(=O)n1-c1ccccc1F. The van der Waals surface area contributed by atoms with Crippen LogP contribution in [0, 0.1) is 5.82 Å². The summed E-state index contributed by atoms with van der Waals surface area (Å²) in [6.07, 6.45) is 0. The number of aromatic nitrogens is 2. The second kappa shape index (κ2) is 9.14. The van der Waals surface area contributed by atoms with Crippen molar-refractivity contribution in [1.82, 2.24) is 14.5 Å². The molecule has 0 bridgehead atoms. The summed E-state index contributed by atoms with van der Waals surface area (Å²) >= 11 is 0. The molecule has 1 amide bonds. The lowest BCUT2D eigenvalue weighted by molar-refractivity contribution is 0.0693. The number of para-hydroxylation sites is 2. The fourth-order valence-electron chi connectivity index (χ4n) is 4.52. The predicted octanol–water partition coefficient (Wildman–Crippen LogP) is 5.90. The molecule has 0 radical (unpaired) electrons. The lowest BCUT2D eigenvalue weighted by Gasteiger charge is -2.29. The van der Waals surface area contributed by atoms with Gasteiger partial charge >= 0.3 is 0 Å². The third-order valence-electron chi connectivity index (χ3n) is 6.33. The van der Waals surface area contributed by atoms with E-state index in [0.29, 0.717) is 28.8 Å². The van der Waals surface area contributed by atoms with Gasteiger partial charge in [0.05, 0.1) is 22.6 Å². The minimum atomic E-state index is -0.601. The van der Waals surface area contributed by atoms with Gasteiger partial charge in [-0.15, -0.1) is 0 Å². The van der Waals surface area contributed by atoms with Crippen LogP contribution in [0.4, 0.5) is 4.39 Å². The van der Waals surface area contributed by atoms with E-state index in [2.05, 4.69) is 0 Å². The Labute approximate surface area is 202 Å². The molecule has 0 aliphatic rings. The van der Waals surface area contributed by atoms with Crippen molar-refractivity contribution in [2.24, 2.45) is 0 Å². The minimum Gasteiger partial charge on any atom is -0.329 e. The van der Waals surface area contributed by atoms with Crippen molar-refractivity contribution in [3.8, 4) is 5.69 Å². The van der Waals surface area contributed by atoms with Crippen LogP contribution in [0.3, 0.4) is 0 Å². The van der Waals surface area contributed by atoms with E-state index in [1.54, 1.807) is 53.4 Å². The summed E-state index contributed by atoms with van der Waals surface area (Å²) < 4.78 is 16.2. The number of carbonyl (C=O) groups excluding carboxylic acids is 1. The van der Waals surface area contributed by atoms with Crippen molar-refractivity contribution in [2.75, 3.05) is 6.54 Å². The van der Waals surface area contributed by atoms with Crippen LogP contribution >= 0.6 is 0 Å². The largest absolute Gasteiger partial charge is 0.329 e. The summed E-state index contributed by atoms with van der Waals surface area (Å²) in [5.74, 6) is -0.424. The van der Waals surface area contributed by atoms with E-state index in [9.17, 15) is 14.0 Å². The van der Waals surface area contributed by atoms with Crippen LogP contribution in [0.5, 0.6) is 0 Å². The van der Waals surface area contributed by atoms with Gasteiger partial charge in [-0.1, -0.05) is 54.6 Å². The minimum absolute atomic E-state index is 0.104. The van der Waals surface area contributed by atoms with Crippen LogP contribution in [0.25, 0.3) is 27.4 Å². The Balaban J connectivity index is 1.66. The van der Waals surface area contributed by atoms with Crippen molar-refractivity contribution in [3.63, 3.8) is 0 Å². The molecule has 1 aromatic heterocycles. The van der Waals surface area contributed by atoms with Gasteiger partial charge in [0, 0.05) is 12.1 Å². The number of amides is 1. The van der Waals surface area contributed by atoms with E-state index in [0.717, 1.165) is 10.8 Å². The summed E-state index contributed by atoms with van der Waals surface area (Å²) in [5.41, 5.74) is 0.766. The maximum Gasteiger partial charge on any atom is 0.266 e. The van der Waals surface area contributed by atoms with Gasteiger partial charge < -0.3 is 4.90 Å². The molecule has 4 aromatic carbocycles. The smallest absolute Gasteiger partial charge is 0.266 e. The van der Waals surface area contributed by atoms with Gasteiger partial charge in [0.2, 0.25) is 0 Å². The highest BCUT2D eigenvalue weighted by atomic mass is 19.1. The first kappa shape index (κ1) is 22.5. The van der Waals surface area contributed by atoms with Crippen molar-refractivity contribution < 1.29 is 9.18 Å². The van der Waals surface area contributed by atoms with Crippen LogP contribution < -0.4 is 5.56 Å². The number of fused-ring (bicyclic) bond motifs is 2. The third kappa shape index (κ3) is 3.97. The Hall–Kier alpha value is -4.32. The van der Waals surface area contributed by atoms with Crippen molar-refractivity contribution >= 4 is 27.6 Å². The second-order valence-corrected chi connectivity index (χ2v) is 8.41. The average Bonchev–Trinajstić information content (AvgIpc) is 2.89. The van der Waals surface area contributed by atoms with E-state index in [4.69, 9.17) is 4.98 Å². The Morgan fingerprint density at radius 1 is 0.943 bits per heavy atom. The molecule has 1 atom stereocenters. The van der Waals surface area contributed by atoms with Gasteiger partial charge in [-0.2, -0.15) is 0 Å². The molecular formula is C29H24FN3O2. The number of carbonyl (C=O) groups is 1. The molecule has 174 valence electrons. The molecular weight excluding hydrogens is 441 g/mol. The predicted molar refractivity (Wildman–Crippen MR) is 136 cm³/mol. The lowest BCUT2D eigenvalue weighted by atomic mass is 10.1. The van der Waals surface area contributed by atoms with Gasteiger partial charge in [0.1, 0.15) is 11.6 Å². The van der Waals surface area contributed by atoms with E-state index in [-0.39, 0.29) is 17.2 Å². The summed E-state index contributed by atoms with van der Waals surface area (Å²) in [5, 5.41) is 2.40. The maximum atomic E-state index is 14.9. The van der Waals surface area contributed by atoms with Gasteiger partial charge in [-0.05, 0) is 61.0 Å². The molecule has 0 aliphatic heterocycles. The van der Waals surface area contributed by atoms with E-state index < -0.39 is 11.9 Å². The van der Waals surface area contributed by atoms with Crippen LogP contribution in [-0.4, -0.2) is 26.9 Å². The fourth-order valence-corrected chi connectivity index (χ4v) is 4.52. The summed E-state index contributed by atoms with van der Waals surface area (Å²) in [4.78, 5) is 33.6. The molecule has 1 heterocycles. The maximum absolute atomic E-state index is 14.9. The highest BCUT2D eigenvalue weighted by molar-refractivity contribution is 5.98. The monoisotopic (exact) mass is 465 g/mol. The Morgan fingerprint density at radius 2 is 1.63 bits per heavy atom. The summed E-state index contributed by atoms with van der Waals surface area (Å²) in [6, 6.07) is 25.9. The molecule has 0 aliphatic carbocycles. The zero-order valence-corrected chi connectivity index (χ0v) is 19.5. The van der Waals surface area contributed by atoms with Crippen LogP contribution in [0.1, 0.15) is 36.1 Å². The molecule has 6 heteroatoms. The highest BCUT2D eigenvalue weighted by Gasteiger charge is 2.27. The van der Waals surface area contributed by atoms with Gasteiger partial charge in [-0.3, -0.25) is 14.2 Å². The molecule has 35 heavy (non-hydrogen) atoms. The van der Waals surface area contributed by atoms with Gasteiger partial charge in [0.25, 0.3) is 11.5 Å². The fraction of sp³-hybridized carbons (Fsp3) is 0.138. The molecule has 5 aromatic rings. The van der Waals surface area contributed by atoms with Gasteiger partial charge in [-0.25, -0.2) is 9.37 Å². The zero-order valence-electron chi connectivity index (χ0n) is 19.5. The molecule has 5 nitrogen and oxygen atoms in total. The first-order chi connectivity index (χ1) is 17.0. The molecule has 0 fully saturated rings. The average molecular weight is 466 g/mol. The number of nitrogens with zero attached hydrogens (tertiary/aromatic N) is 3. The highest BCUT2D eigenvalue weighted by Crippen LogP contribution is 2.26. The topological polar surface area (TPSA) is 55.2 Å². The van der Waals surface area contributed by atoms with Crippen LogP contribution in [0.15, 0.2) is 95.8 Å². The number of halogens is 1.